The maximum absolute atomic E-state index is 12.1. The molecule has 1 heterocycles. The Balaban J connectivity index is 1.92. The second kappa shape index (κ2) is 8.68. The second-order valence-electron chi connectivity index (χ2n) is 4.75. The lowest BCUT2D eigenvalue weighted by atomic mass is 10.2. The maximum Gasteiger partial charge on any atom is 0.243 e. The standard InChI is InChI=1S/C15H20N4O3S/c1-22-10-9-16-7-8-19-23(20,21)14-11-17-15(18-12-14)13-5-3-2-4-6-13/h2-6,11-12,16,19H,7-10H2,1H3. The fourth-order valence-corrected chi connectivity index (χ4v) is 2.77. The van der Waals surface area contributed by atoms with Crippen LogP contribution in [0.1, 0.15) is 0 Å². The van der Waals surface area contributed by atoms with Gasteiger partial charge in [0.05, 0.1) is 19.0 Å². The summed E-state index contributed by atoms with van der Waals surface area (Å²) in [5, 5.41) is 3.06. The summed E-state index contributed by atoms with van der Waals surface area (Å²) < 4.78 is 31.6. The molecule has 0 aliphatic heterocycles. The molecule has 0 unspecified atom stereocenters. The quantitative estimate of drug-likeness (QED) is 0.654. The summed E-state index contributed by atoms with van der Waals surface area (Å²) in [5.74, 6) is 0.491. The van der Waals surface area contributed by atoms with Crippen LogP contribution < -0.4 is 10.0 Å². The van der Waals surface area contributed by atoms with E-state index in [1.165, 1.54) is 12.4 Å². The van der Waals surface area contributed by atoms with Gasteiger partial charge in [-0.3, -0.25) is 0 Å². The molecule has 7 nitrogen and oxygen atoms in total. The zero-order valence-electron chi connectivity index (χ0n) is 12.9. The Kier molecular flexibility index (Phi) is 6.60. The van der Waals surface area contributed by atoms with Crippen molar-refractivity contribution in [1.29, 1.82) is 0 Å². The molecule has 2 aromatic rings. The van der Waals surface area contributed by atoms with E-state index < -0.39 is 10.0 Å². The van der Waals surface area contributed by atoms with Crippen LogP contribution in [0.25, 0.3) is 11.4 Å². The molecule has 1 aromatic carbocycles. The van der Waals surface area contributed by atoms with E-state index in [0.29, 0.717) is 25.5 Å². The monoisotopic (exact) mass is 336 g/mol. The van der Waals surface area contributed by atoms with Crippen molar-refractivity contribution in [3.63, 3.8) is 0 Å². The first-order valence-electron chi connectivity index (χ1n) is 7.20. The minimum atomic E-state index is -3.60. The van der Waals surface area contributed by atoms with Crippen LogP contribution in [-0.2, 0) is 14.8 Å². The molecule has 124 valence electrons. The minimum absolute atomic E-state index is 0.0501. The molecule has 0 fully saturated rings. The van der Waals surface area contributed by atoms with Crippen LogP contribution in [0, 0.1) is 0 Å². The van der Waals surface area contributed by atoms with Crippen LogP contribution in [0.2, 0.25) is 0 Å². The van der Waals surface area contributed by atoms with Crippen molar-refractivity contribution in [1.82, 2.24) is 20.0 Å². The summed E-state index contributed by atoms with van der Waals surface area (Å²) in [6.45, 7) is 2.06. The van der Waals surface area contributed by atoms with Crippen LogP contribution in [0.15, 0.2) is 47.6 Å². The molecule has 0 bridgehead atoms. The predicted octanol–water partition coefficient (Wildman–Crippen LogP) is 0.658. The third kappa shape index (κ3) is 5.36. The highest BCUT2D eigenvalue weighted by molar-refractivity contribution is 7.89. The molecule has 0 radical (unpaired) electrons. The number of nitrogens with zero attached hydrogens (tertiary/aromatic N) is 2. The number of rotatable bonds is 9. The summed E-state index contributed by atoms with van der Waals surface area (Å²) in [5.41, 5.74) is 0.840. The van der Waals surface area contributed by atoms with E-state index in [-0.39, 0.29) is 11.4 Å². The summed E-state index contributed by atoms with van der Waals surface area (Å²) >= 11 is 0. The van der Waals surface area contributed by atoms with Gasteiger partial charge in [-0.1, -0.05) is 30.3 Å². The second-order valence-corrected chi connectivity index (χ2v) is 6.52. The van der Waals surface area contributed by atoms with Gasteiger partial charge >= 0.3 is 0 Å². The van der Waals surface area contributed by atoms with Gasteiger partial charge in [-0.15, -0.1) is 0 Å². The molecular weight excluding hydrogens is 316 g/mol. The van der Waals surface area contributed by atoms with Crippen molar-refractivity contribution >= 4 is 10.0 Å². The van der Waals surface area contributed by atoms with Gasteiger partial charge in [-0.25, -0.2) is 23.1 Å². The van der Waals surface area contributed by atoms with E-state index in [0.717, 1.165) is 5.56 Å². The van der Waals surface area contributed by atoms with Gasteiger partial charge in [-0.05, 0) is 0 Å². The van der Waals surface area contributed by atoms with Crippen LogP contribution in [-0.4, -0.2) is 51.7 Å². The lowest BCUT2D eigenvalue weighted by Gasteiger charge is -2.08. The molecule has 23 heavy (non-hydrogen) atoms. The number of ether oxygens (including phenoxy) is 1. The molecule has 0 saturated heterocycles. The first-order chi connectivity index (χ1) is 11.1. The van der Waals surface area contributed by atoms with Crippen LogP contribution in [0.4, 0.5) is 0 Å². The predicted molar refractivity (Wildman–Crippen MR) is 87.4 cm³/mol. The number of hydrogen-bond acceptors (Lipinski definition) is 6. The summed E-state index contributed by atoms with van der Waals surface area (Å²) in [7, 11) is -1.98. The normalized spacial score (nSPS) is 11.5. The highest BCUT2D eigenvalue weighted by Crippen LogP contribution is 2.14. The molecule has 0 spiro atoms. The van der Waals surface area contributed by atoms with Gasteiger partial charge in [-0.2, -0.15) is 0 Å². The topological polar surface area (TPSA) is 93.2 Å². The van der Waals surface area contributed by atoms with Crippen molar-refractivity contribution in [2.24, 2.45) is 0 Å². The summed E-state index contributed by atoms with van der Waals surface area (Å²) in [6, 6.07) is 9.39. The Hall–Kier alpha value is -1.87. The van der Waals surface area contributed by atoms with Gasteiger partial charge in [0.1, 0.15) is 4.90 Å². The van der Waals surface area contributed by atoms with Gasteiger partial charge in [0.15, 0.2) is 5.82 Å². The Morgan fingerprint density at radius 3 is 2.39 bits per heavy atom. The van der Waals surface area contributed by atoms with E-state index >= 15 is 0 Å². The van der Waals surface area contributed by atoms with Crippen molar-refractivity contribution in [3.05, 3.63) is 42.7 Å². The van der Waals surface area contributed by atoms with Gasteiger partial charge in [0.25, 0.3) is 0 Å². The number of benzene rings is 1. The molecule has 2 rings (SSSR count). The Bertz CT molecular complexity index is 690. The lowest BCUT2D eigenvalue weighted by Crippen LogP contribution is -2.33. The fraction of sp³-hybridized carbons (Fsp3) is 0.333. The third-order valence-electron chi connectivity index (χ3n) is 3.05. The third-order valence-corrected chi connectivity index (χ3v) is 4.46. The zero-order chi connectivity index (χ0) is 16.5. The Morgan fingerprint density at radius 1 is 1.04 bits per heavy atom. The molecule has 0 saturated carbocycles. The Labute approximate surface area is 136 Å². The van der Waals surface area contributed by atoms with Crippen molar-refractivity contribution in [2.75, 3.05) is 33.4 Å². The smallest absolute Gasteiger partial charge is 0.243 e. The molecule has 1 aromatic heterocycles. The van der Waals surface area contributed by atoms with E-state index in [1.807, 2.05) is 30.3 Å². The van der Waals surface area contributed by atoms with Crippen LogP contribution in [0.3, 0.4) is 0 Å². The number of nitrogens with one attached hydrogen (secondary N) is 2. The number of hydrogen-bond donors (Lipinski definition) is 2. The molecule has 0 amide bonds. The average molecular weight is 336 g/mol. The van der Waals surface area contributed by atoms with E-state index in [9.17, 15) is 8.42 Å². The number of methoxy groups -OCH3 is 1. The Morgan fingerprint density at radius 2 is 1.74 bits per heavy atom. The first-order valence-corrected chi connectivity index (χ1v) is 8.68. The fourth-order valence-electron chi connectivity index (χ4n) is 1.85. The maximum atomic E-state index is 12.1. The number of aromatic nitrogens is 2. The minimum Gasteiger partial charge on any atom is -0.383 e. The number of sulfonamides is 1. The molecule has 0 aliphatic rings. The molecule has 8 heteroatoms. The molecule has 2 N–H and O–H groups in total. The first kappa shape index (κ1) is 17.5. The molecule has 0 aliphatic carbocycles. The van der Waals surface area contributed by atoms with E-state index in [1.54, 1.807) is 7.11 Å². The zero-order valence-corrected chi connectivity index (χ0v) is 13.7. The van der Waals surface area contributed by atoms with Crippen LogP contribution in [0.5, 0.6) is 0 Å². The largest absolute Gasteiger partial charge is 0.383 e. The van der Waals surface area contributed by atoms with Crippen molar-refractivity contribution in [3.8, 4) is 11.4 Å². The van der Waals surface area contributed by atoms with E-state index in [4.69, 9.17) is 4.74 Å². The van der Waals surface area contributed by atoms with Crippen LogP contribution >= 0.6 is 0 Å². The summed E-state index contributed by atoms with van der Waals surface area (Å²) in [6.07, 6.45) is 2.63. The van der Waals surface area contributed by atoms with Crippen molar-refractivity contribution < 1.29 is 13.2 Å². The summed E-state index contributed by atoms with van der Waals surface area (Å²) in [4.78, 5) is 8.29. The SMILES string of the molecule is COCCNCCNS(=O)(=O)c1cnc(-c2ccccc2)nc1. The average Bonchev–Trinajstić information content (AvgIpc) is 2.59. The highest BCUT2D eigenvalue weighted by Gasteiger charge is 2.14. The lowest BCUT2D eigenvalue weighted by molar-refractivity contribution is 0.199. The van der Waals surface area contributed by atoms with E-state index in [2.05, 4.69) is 20.0 Å². The molecular formula is C15H20N4O3S. The highest BCUT2D eigenvalue weighted by atomic mass is 32.2. The molecule has 0 atom stereocenters. The van der Waals surface area contributed by atoms with Gasteiger partial charge in [0, 0.05) is 32.3 Å². The van der Waals surface area contributed by atoms with Gasteiger partial charge in [0.2, 0.25) is 10.0 Å². The van der Waals surface area contributed by atoms with Gasteiger partial charge < -0.3 is 10.1 Å². The van der Waals surface area contributed by atoms with Crippen molar-refractivity contribution in [2.45, 2.75) is 4.90 Å².